The zero-order chi connectivity index (χ0) is 22.1. The van der Waals surface area contributed by atoms with Gasteiger partial charge in [0.15, 0.2) is 0 Å². The van der Waals surface area contributed by atoms with Gasteiger partial charge in [0.2, 0.25) is 0 Å². The lowest BCUT2D eigenvalue weighted by Gasteiger charge is -2.43. The molecule has 30 heavy (non-hydrogen) atoms. The van der Waals surface area contributed by atoms with Crippen LogP contribution in [0.3, 0.4) is 0 Å². The molecule has 1 aliphatic heterocycles. The van der Waals surface area contributed by atoms with E-state index in [1.165, 1.54) is 5.57 Å². The van der Waals surface area contributed by atoms with Gasteiger partial charge >= 0.3 is 0 Å². The van der Waals surface area contributed by atoms with E-state index in [0.29, 0.717) is 16.3 Å². The summed E-state index contributed by atoms with van der Waals surface area (Å²) >= 11 is 6.17. The largest absolute Gasteiger partial charge is 0.496 e. The maximum absolute atomic E-state index is 12.4. The number of amides is 1. The van der Waals surface area contributed by atoms with Crippen molar-refractivity contribution in [2.75, 3.05) is 18.6 Å². The highest BCUT2D eigenvalue weighted by Crippen LogP contribution is 2.41. The third-order valence-corrected chi connectivity index (χ3v) is 5.70. The van der Waals surface area contributed by atoms with E-state index in [1.807, 2.05) is 25.1 Å². The maximum atomic E-state index is 12.4. The summed E-state index contributed by atoms with van der Waals surface area (Å²) in [6, 6.07) is 9.37. The lowest BCUT2D eigenvalue weighted by atomic mass is 9.88. The van der Waals surface area contributed by atoms with Gasteiger partial charge in [-0.15, -0.1) is 0 Å². The van der Waals surface area contributed by atoms with Crippen LogP contribution in [0.2, 0.25) is 5.02 Å². The summed E-state index contributed by atoms with van der Waals surface area (Å²) in [4.78, 5) is 14.8. The monoisotopic (exact) mass is 425 g/mol. The van der Waals surface area contributed by atoms with Crippen LogP contribution in [0.15, 0.2) is 41.5 Å². The molecule has 0 aliphatic carbocycles. The smallest absolute Gasteiger partial charge is 0.272 e. The molecule has 1 N–H and O–H groups in total. The van der Waals surface area contributed by atoms with Crippen molar-refractivity contribution in [1.29, 1.82) is 0 Å². The SMILES string of the molecule is CCN1c2cc(OC)c(/C=N\NC(=O)c3ccc(C)cc3Cl)cc2C(C)=CC1(C)C. The first-order chi connectivity index (χ1) is 14.2. The first kappa shape index (κ1) is 21.9. The van der Waals surface area contributed by atoms with E-state index in [-0.39, 0.29) is 11.4 Å². The van der Waals surface area contributed by atoms with E-state index in [0.717, 1.165) is 28.9 Å². The standard InChI is InChI=1S/C24H28ClN3O2/c1-7-28-21-12-22(30-6)17(11-19(21)16(3)13-24(28,4)5)14-26-27-23(29)18-9-8-15(2)10-20(18)25/h8-14H,7H2,1-6H3,(H,27,29)/b26-14-. The van der Waals surface area contributed by atoms with Crippen LogP contribution in [0.4, 0.5) is 5.69 Å². The number of fused-ring (bicyclic) bond motifs is 1. The third kappa shape index (κ3) is 4.21. The normalized spacial score (nSPS) is 15.0. The number of halogens is 1. The highest BCUT2D eigenvalue weighted by atomic mass is 35.5. The molecule has 158 valence electrons. The van der Waals surface area contributed by atoms with Crippen molar-refractivity contribution in [3.05, 3.63) is 63.7 Å². The average molecular weight is 426 g/mol. The van der Waals surface area contributed by atoms with Crippen LogP contribution in [0.25, 0.3) is 5.57 Å². The van der Waals surface area contributed by atoms with Gasteiger partial charge in [-0.3, -0.25) is 4.79 Å². The molecular weight excluding hydrogens is 398 g/mol. The molecule has 0 saturated carbocycles. The number of benzene rings is 2. The summed E-state index contributed by atoms with van der Waals surface area (Å²) in [7, 11) is 1.64. The van der Waals surface area contributed by atoms with Crippen LogP contribution in [-0.4, -0.2) is 31.3 Å². The summed E-state index contributed by atoms with van der Waals surface area (Å²) in [6.07, 6.45) is 3.87. The predicted octanol–water partition coefficient (Wildman–Crippen LogP) is 5.44. The lowest BCUT2D eigenvalue weighted by Crippen LogP contribution is -2.44. The number of hydrogen-bond acceptors (Lipinski definition) is 4. The molecule has 0 radical (unpaired) electrons. The Morgan fingerprint density at radius 1 is 1.27 bits per heavy atom. The lowest BCUT2D eigenvalue weighted by molar-refractivity contribution is 0.0955. The number of allylic oxidation sites excluding steroid dienone is 1. The van der Waals surface area contributed by atoms with Crippen LogP contribution in [0.1, 0.15) is 54.7 Å². The fourth-order valence-corrected chi connectivity index (χ4v) is 4.32. The minimum absolute atomic E-state index is 0.0757. The second-order valence-corrected chi connectivity index (χ2v) is 8.43. The zero-order valence-corrected chi connectivity index (χ0v) is 19.1. The summed E-state index contributed by atoms with van der Waals surface area (Å²) in [5, 5.41) is 4.54. The van der Waals surface area contributed by atoms with Crippen molar-refractivity contribution in [2.45, 2.75) is 40.2 Å². The number of nitrogens with one attached hydrogen (secondary N) is 1. The third-order valence-electron chi connectivity index (χ3n) is 5.38. The van der Waals surface area contributed by atoms with E-state index in [4.69, 9.17) is 16.3 Å². The number of carbonyl (C=O) groups is 1. The minimum Gasteiger partial charge on any atom is -0.496 e. The highest BCUT2D eigenvalue weighted by Gasteiger charge is 2.31. The van der Waals surface area contributed by atoms with E-state index in [1.54, 1.807) is 25.5 Å². The van der Waals surface area contributed by atoms with Crippen LogP contribution in [0.5, 0.6) is 5.75 Å². The van der Waals surface area contributed by atoms with Crippen molar-refractivity contribution in [2.24, 2.45) is 5.10 Å². The molecule has 0 saturated heterocycles. The molecule has 0 spiro atoms. The molecule has 2 aromatic rings. The van der Waals surface area contributed by atoms with Crippen LogP contribution < -0.4 is 15.1 Å². The van der Waals surface area contributed by atoms with Crippen molar-refractivity contribution in [3.63, 3.8) is 0 Å². The zero-order valence-electron chi connectivity index (χ0n) is 18.3. The predicted molar refractivity (Wildman–Crippen MR) is 125 cm³/mol. The molecule has 0 aromatic heterocycles. The fourth-order valence-electron chi connectivity index (χ4n) is 4.00. The first-order valence-electron chi connectivity index (χ1n) is 9.97. The van der Waals surface area contributed by atoms with Gasteiger partial charge in [0.25, 0.3) is 5.91 Å². The Hall–Kier alpha value is -2.79. The number of nitrogens with zero attached hydrogens (tertiary/aromatic N) is 2. The second-order valence-electron chi connectivity index (χ2n) is 8.02. The molecule has 1 aliphatic rings. The Labute approximate surface area is 183 Å². The maximum Gasteiger partial charge on any atom is 0.272 e. The van der Waals surface area contributed by atoms with E-state index >= 15 is 0 Å². The molecule has 6 heteroatoms. The Bertz CT molecular complexity index is 1040. The molecule has 2 aromatic carbocycles. The quantitative estimate of drug-likeness (QED) is 0.512. The number of anilines is 1. The van der Waals surface area contributed by atoms with Gasteiger partial charge in [0.1, 0.15) is 5.75 Å². The Morgan fingerprint density at radius 3 is 2.63 bits per heavy atom. The fraction of sp³-hybridized carbons (Fsp3) is 0.333. The minimum atomic E-state index is -0.358. The van der Waals surface area contributed by atoms with Gasteiger partial charge in [-0.1, -0.05) is 23.7 Å². The number of rotatable bonds is 5. The van der Waals surface area contributed by atoms with Gasteiger partial charge in [0.05, 0.1) is 29.4 Å². The number of carbonyl (C=O) groups excluding carboxylic acids is 1. The van der Waals surface area contributed by atoms with Crippen LogP contribution in [0, 0.1) is 6.92 Å². The molecule has 0 bridgehead atoms. The van der Waals surface area contributed by atoms with Crippen molar-refractivity contribution >= 4 is 35.0 Å². The van der Waals surface area contributed by atoms with E-state index in [2.05, 4.69) is 49.2 Å². The van der Waals surface area contributed by atoms with Crippen molar-refractivity contribution in [3.8, 4) is 5.75 Å². The number of hydrazone groups is 1. The van der Waals surface area contributed by atoms with Gasteiger partial charge in [0, 0.05) is 29.4 Å². The van der Waals surface area contributed by atoms with Crippen molar-refractivity contribution < 1.29 is 9.53 Å². The van der Waals surface area contributed by atoms with E-state index < -0.39 is 0 Å². The molecule has 0 atom stereocenters. The summed E-state index contributed by atoms with van der Waals surface area (Å²) < 4.78 is 5.61. The molecule has 0 fully saturated rings. The summed E-state index contributed by atoms with van der Waals surface area (Å²) in [6.45, 7) is 11.5. The van der Waals surface area contributed by atoms with Crippen molar-refractivity contribution in [1.82, 2.24) is 5.43 Å². The number of hydrogen-bond donors (Lipinski definition) is 1. The molecule has 5 nitrogen and oxygen atoms in total. The number of likely N-dealkylation sites (N-methyl/N-ethyl adjacent to an activating group) is 1. The molecule has 0 unspecified atom stereocenters. The Balaban J connectivity index is 1.90. The van der Waals surface area contributed by atoms with Crippen LogP contribution in [-0.2, 0) is 0 Å². The molecule has 1 heterocycles. The van der Waals surface area contributed by atoms with E-state index in [9.17, 15) is 4.79 Å². The molecule has 3 rings (SSSR count). The topological polar surface area (TPSA) is 53.9 Å². The summed E-state index contributed by atoms with van der Waals surface area (Å²) in [5.74, 6) is 0.340. The van der Waals surface area contributed by atoms with Gasteiger partial charge in [-0.05, 0) is 64.0 Å². The Morgan fingerprint density at radius 2 is 2.00 bits per heavy atom. The summed E-state index contributed by atoms with van der Waals surface area (Å²) in [5.41, 5.74) is 8.10. The highest BCUT2D eigenvalue weighted by molar-refractivity contribution is 6.33. The van der Waals surface area contributed by atoms with Gasteiger partial charge in [-0.25, -0.2) is 5.43 Å². The average Bonchev–Trinajstić information content (AvgIpc) is 2.67. The number of methoxy groups -OCH3 is 1. The second kappa shape index (κ2) is 8.52. The van der Waals surface area contributed by atoms with Gasteiger partial charge < -0.3 is 9.64 Å². The number of aryl methyl sites for hydroxylation is 1. The van der Waals surface area contributed by atoms with Crippen LogP contribution >= 0.6 is 11.6 Å². The molecular formula is C24H28ClN3O2. The first-order valence-corrected chi connectivity index (χ1v) is 10.3. The van der Waals surface area contributed by atoms with Gasteiger partial charge in [-0.2, -0.15) is 5.10 Å². The molecule has 1 amide bonds. The number of ether oxygens (including phenoxy) is 1. The Kier molecular flexibility index (Phi) is 6.22.